The molecular formula is C15H23ClN2O. The highest BCUT2D eigenvalue weighted by molar-refractivity contribution is 6.33. The van der Waals surface area contributed by atoms with Gasteiger partial charge in [-0.05, 0) is 44.0 Å². The van der Waals surface area contributed by atoms with Gasteiger partial charge in [0.05, 0.1) is 17.3 Å². The van der Waals surface area contributed by atoms with Crippen LogP contribution in [0.2, 0.25) is 5.02 Å². The minimum atomic E-state index is 0.0468. The zero-order valence-corrected chi connectivity index (χ0v) is 12.6. The van der Waals surface area contributed by atoms with E-state index in [4.69, 9.17) is 11.6 Å². The molecule has 3 nitrogen and oxygen atoms in total. The Morgan fingerprint density at radius 2 is 2.16 bits per heavy atom. The van der Waals surface area contributed by atoms with Crippen molar-refractivity contribution >= 4 is 17.3 Å². The fourth-order valence-electron chi connectivity index (χ4n) is 2.72. The fraction of sp³-hybridized carbons (Fsp3) is 0.600. The minimum absolute atomic E-state index is 0.0468. The molecule has 1 aliphatic heterocycles. The number of halogens is 1. The number of rotatable bonds is 3. The van der Waals surface area contributed by atoms with Crippen molar-refractivity contribution < 1.29 is 5.11 Å². The number of benzene rings is 1. The van der Waals surface area contributed by atoms with E-state index in [9.17, 15) is 5.11 Å². The summed E-state index contributed by atoms with van der Waals surface area (Å²) in [6.07, 6.45) is 1.11. The summed E-state index contributed by atoms with van der Waals surface area (Å²) in [5.74, 6) is 0.579. The van der Waals surface area contributed by atoms with Gasteiger partial charge in [-0.3, -0.25) is 0 Å². The highest BCUT2D eigenvalue weighted by Crippen LogP contribution is 2.29. The molecule has 2 N–H and O–H groups in total. The summed E-state index contributed by atoms with van der Waals surface area (Å²) in [5, 5.41) is 13.5. The lowest BCUT2D eigenvalue weighted by atomic mass is 9.89. The van der Waals surface area contributed by atoms with Crippen molar-refractivity contribution in [2.75, 3.05) is 18.9 Å². The molecule has 3 unspecified atom stereocenters. The number of piperidine rings is 1. The topological polar surface area (TPSA) is 35.5 Å². The SMILES string of the molecule is CC1CN(C)C(C)CC1Nc1cc(CO)ccc1Cl. The number of hydrogen-bond acceptors (Lipinski definition) is 3. The molecule has 0 amide bonds. The predicted molar refractivity (Wildman–Crippen MR) is 80.7 cm³/mol. The van der Waals surface area contributed by atoms with Crippen LogP contribution in [0.3, 0.4) is 0 Å². The zero-order valence-electron chi connectivity index (χ0n) is 11.9. The first-order chi connectivity index (χ1) is 9.01. The largest absolute Gasteiger partial charge is 0.392 e. The van der Waals surface area contributed by atoms with Gasteiger partial charge >= 0.3 is 0 Å². The van der Waals surface area contributed by atoms with E-state index in [1.54, 1.807) is 0 Å². The smallest absolute Gasteiger partial charge is 0.0682 e. The highest BCUT2D eigenvalue weighted by atomic mass is 35.5. The molecule has 1 aromatic rings. The second-order valence-electron chi connectivity index (χ2n) is 5.72. The third-order valence-electron chi connectivity index (χ3n) is 4.16. The molecule has 1 saturated heterocycles. The first kappa shape index (κ1) is 14.6. The van der Waals surface area contributed by atoms with E-state index in [1.165, 1.54) is 0 Å². The van der Waals surface area contributed by atoms with E-state index < -0.39 is 0 Å². The van der Waals surface area contributed by atoms with Gasteiger partial charge in [0.15, 0.2) is 0 Å². The van der Waals surface area contributed by atoms with E-state index in [0.717, 1.165) is 29.2 Å². The molecule has 1 fully saturated rings. The van der Waals surface area contributed by atoms with Crippen LogP contribution in [0.4, 0.5) is 5.69 Å². The minimum Gasteiger partial charge on any atom is -0.392 e. The third kappa shape index (κ3) is 3.41. The molecule has 0 spiro atoms. The molecule has 2 rings (SSSR count). The maximum Gasteiger partial charge on any atom is 0.0682 e. The summed E-state index contributed by atoms with van der Waals surface area (Å²) in [6, 6.07) is 6.65. The van der Waals surface area contributed by atoms with Gasteiger partial charge in [0.25, 0.3) is 0 Å². The maximum absolute atomic E-state index is 9.21. The van der Waals surface area contributed by atoms with Crippen molar-refractivity contribution in [3.05, 3.63) is 28.8 Å². The van der Waals surface area contributed by atoms with Crippen LogP contribution in [-0.2, 0) is 6.61 Å². The van der Waals surface area contributed by atoms with Crippen molar-refractivity contribution in [1.29, 1.82) is 0 Å². The summed E-state index contributed by atoms with van der Waals surface area (Å²) in [5.41, 5.74) is 1.82. The summed E-state index contributed by atoms with van der Waals surface area (Å²) in [4.78, 5) is 2.40. The van der Waals surface area contributed by atoms with E-state index >= 15 is 0 Å². The van der Waals surface area contributed by atoms with Gasteiger partial charge in [-0.25, -0.2) is 0 Å². The van der Waals surface area contributed by atoms with Crippen LogP contribution in [0, 0.1) is 5.92 Å². The maximum atomic E-state index is 9.21. The van der Waals surface area contributed by atoms with Crippen LogP contribution in [0.1, 0.15) is 25.8 Å². The van der Waals surface area contributed by atoms with Gasteiger partial charge in [-0.1, -0.05) is 24.6 Å². The fourth-order valence-corrected chi connectivity index (χ4v) is 2.90. The molecule has 0 bridgehead atoms. The van der Waals surface area contributed by atoms with Crippen LogP contribution in [0.15, 0.2) is 18.2 Å². The Morgan fingerprint density at radius 1 is 1.42 bits per heavy atom. The van der Waals surface area contributed by atoms with E-state index in [0.29, 0.717) is 18.0 Å². The predicted octanol–water partition coefficient (Wildman–Crippen LogP) is 2.97. The Hall–Kier alpha value is -0.770. The van der Waals surface area contributed by atoms with E-state index in [2.05, 4.69) is 31.1 Å². The van der Waals surface area contributed by atoms with Crippen LogP contribution in [-0.4, -0.2) is 35.7 Å². The van der Waals surface area contributed by atoms with Crippen LogP contribution in [0.5, 0.6) is 0 Å². The molecule has 1 heterocycles. The molecule has 19 heavy (non-hydrogen) atoms. The van der Waals surface area contributed by atoms with E-state index in [1.807, 2.05) is 18.2 Å². The number of nitrogens with zero attached hydrogens (tertiary/aromatic N) is 1. The van der Waals surface area contributed by atoms with Gasteiger partial charge in [-0.15, -0.1) is 0 Å². The number of aliphatic hydroxyl groups excluding tert-OH is 1. The van der Waals surface area contributed by atoms with Gasteiger partial charge < -0.3 is 15.3 Å². The molecule has 1 aromatic carbocycles. The number of likely N-dealkylation sites (tertiary alicyclic amines) is 1. The summed E-state index contributed by atoms with van der Waals surface area (Å²) in [7, 11) is 2.18. The highest BCUT2D eigenvalue weighted by Gasteiger charge is 2.29. The molecule has 3 atom stereocenters. The Balaban J connectivity index is 2.12. The van der Waals surface area contributed by atoms with Crippen LogP contribution < -0.4 is 5.32 Å². The Morgan fingerprint density at radius 3 is 2.84 bits per heavy atom. The molecule has 106 valence electrons. The number of nitrogens with one attached hydrogen (secondary N) is 1. The summed E-state index contributed by atoms with van der Waals surface area (Å²) in [6.45, 7) is 5.66. The Kier molecular flexibility index (Phi) is 4.71. The average Bonchev–Trinajstić information content (AvgIpc) is 2.38. The van der Waals surface area contributed by atoms with Gasteiger partial charge in [0.1, 0.15) is 0 Å². The second-order valence-corrected chi connectivity index (χ2v) is 6.13. The van der Waals surface area contributed by atoms with Crippen molar-refractivity contribution in [1.82, 2.24) is 4.90 Å². The third-order valence-corrected chi connectivity index (χ3v) is 4.49. The molecule has 0 saturated carbocycles. The molecule has 0 radical (unpaired) electrons. The lowest BCUT2D eigenvalue weighted by Gasteiger charge is -2.40. The molecular weight excluding hydrogens is 260 g/mol. The van der Waals surface area contributed by atoms with E-state index in [-0.39, 0.29) is 6.61 Å². The van der Waals surface area contributed by atoms with Crippen molar-refractivity contribution in [2.45, 2.75) is 39.0 Å². The number of aliphatic hydroxyl groups is 1. The van der Waals surface area contributed by atoms with Gasteiger partial charge in [-0.2, -0.15) is 0 Å². The molecule has 1 aliphatic rings. The van der Waals surface area contributed by atoms with Crippen LogP contribution >= 0.6 is 11.6 Å². The number of anilines is 1. The second kappa shape index (κ2) is 6.12. The average molecular weight is 283 g/mol. The molecule has 0 aliphatic carbocycles. The first-order valence-corrected chi connectivity index (χ1v) is 7.25. The van der Waals surface area contributed by atoms with Crippen molar-refractivity contribution in [3.63, 3.8) is 0 Å². The standard InChI is InChI=1S/C15H23ClN2O/c1-10-8-18(3)11(2)6-14(10)17-15-7-12(9-19)4-5-13(15)16/h4-5,7,10-11,14,17,19H,6,8-9H2,1-3H3. The van der Waals surface area contributed by atoms with Crippen molar-refractivity contribution in [2.24, 2.45) is 5.92 Å². The Labute approximate surface area is 120 Å². The number of hydrogen-bond donors (Lipinski definition) is 2. The van der Waals surface area contributed by atoms with Crippen LogP contribution in [0.25, 0.3) is 0 Å². The first-order valence-electron chi connectivity index (χ1n) is 6.87. The van der Waals surface area contributed by atoms with Gasteiger partial charge in [0.2, 0.25) is 0 Å². The van der Waals surface area contributed by atoms with Crippen molar-refractivity contribution in [3.8, 4) is 0 Å². The van der Waals surface area contributed by atoms with Gasteiger partial charge in [0, 0.05) is 18.6 Å². The molecule has 4 heteroatoms. The summed E-state index contributed by atoms with van der Waals surface area (Å²) >= 11 is 6.23. The molecule has 0 aromatic heterocycles. The zero-order chi connectivity index (χ0) is 14.0. The Bertz CT molecular complexity index is 438. The monoisotopic (exact) mass is 282 g/mol. The lowest BCUT2D eigenvalue weighted by molar-refractivity contribution is 0.145. The lowest BCUT2D eigenvalue weighted by Crippen LogP contribution is -2.48. The normalized spacial score (nSPS) is 28.4. The summed E-state index contributed by atoms with van der Waals surface area (Å²) < 4.78 is 0. The quantitative estimate of drug-likeness (QED) is 0.895.